The number of nitrogens with one attached hydrogen (secondary N) is 1. The van der Waals surface area contributed by atoms with Crippen LogP contribution in [0.25, 0.3) is 0 Å². The fraction of sp³-hybridized carbons (Fsp3) is 0.533. The first kappa shape index (κ1) is 15.7. The number of benzene rings is 1. The van der Waals surface area contributed by atoms with Crippen LogP contribution in [-0.4, -0.2) is 29.7 Å². The van der Waals surface area contributed by atoms with Crippen molar-refractivity contribution in [2.24, 2.45) is 11.7 Å². The van der Waals surface area contributed by atoms with Crippen molar-refractivity contribution < 1.29 is 9.90 Å². The zero-order valence-electron chi connectivity index (χ0n) is 11.7. The van der Waals surface area contributed by atoms with Gasteiger partial charge < -0.3 is 16.2 Å². The second kappa shape index (κ2) is 7.92. The molecule has 1 aromatic carbocycles. The SMILES string of the molecule is CCC(C)[C@H](N)C(=O)N[C@@H](CO)Cc1ccccc1. The predicted octanol–water partition coefficient (Wildman–Crippen LogP) is 1.08. The molecule has 0 aliphatic heterocycles. The van der Waals surface area contributed by atoms with E-state index in [1.807, 2.05) is 44.2 Å². The zero-order valence-corrected chi connectivity index (χ0v) is 11.7. The molecule has 0 heterocycles. The highest BCUT2D eigenvalue weighted by molar-refractivity contribution is 5.82. The molecule has 0 saturated heterocycles. The van der Waals surface area contributed by atoms with Crippen LogP contribution in [0.2, 0.25) is 0 Å². The van der Waals surface area contributed by atoms with Crippen molar-refractivity contribution in [2.45, 2.75) is 38.8 Å². The molecular weight excluding hydrogens is 240 g/mol. The Morgan fingerprint density at radius 1 is 1.37 bits per heavy atom. The Labute approximate surface area is 115 Å². The standard InChI is InChI=1S/C15H24N2O2/c1-3-11(2)14(16)15(19)17-13(10-18)9-12-7-5-4-6-8-12/h4-8,11,13-14,18H,3,9-10,16H2,1-2H3,(H,17,19)/t11?,13-,14+/m1/s1. The van der Waals surface area contributed by atoms with Crippen LogP contribution < -0.4 is 11.1 Å². The lowest BCUT2D eigenvalue weighted by Crippen LogP contribution is -2.50. The number of hydrogen-bond donors (Lipinski definition) is 3. The Kier molecular flexibility index (Phi) is 6.53. The molecule has 4 heteroatoms. The summed E-state index contributed by atoms with van der Waals surface area (Å²) in [5, 5.41) is 12.2. The molecule has 0 aliphatic rings. The number of carbonyl (C=O) groups is 1. The molecule has 1 unspecified atom stereocenters. The van der Waals surface area contributed by atoms with E-state index in [-0.39, 0.29) is 24.5 Å². The molecule has 0 spiro atoms. The highest BCUT2D eigenvalue weighted by Gasteiger charge is 2.21. The molecule has 0 aromatic heterocycles. The lowest BCUT2D eigenvalue weighted by atomic mass is 9.98. The van der Waals surface area contributed by atoms with Crippen LogP contribution in [-0.2, 0) is 11.2 Å². The van der Waals surface area contributed by atoms with Crippen LogP contribution in [0.1, 0.15) is 25.8 Å². The van der Waals surface area contributed by atoms with Crippen molar-refractivity contribution >= 4 is 5.91 Å². The predicted molar refractivity (Wildman–Crippen MR) is 76.6 cm³/mol. The average Bonchev–Trinajstić information content (AvgIpc) is 2.45. The molecular formula is C15H24N2O2. The van der Waals surface area contributed by atoms with Crippen molar-refractivity contribution in [1.29, 1.82) is 0 Å². The van der Waals surface area contributed by atoms with E-state index in [1.165, 1.54) is 0 Å². The van der Waals surface area contributed by atoms with Crippen LogP contribution in [0.5, 0.6) is 0 Å². The lowest BCUT2D eigenvalue weighted by Gasteiger charge is -2.22. The summed E-state index contributed by atoms with van der Waals surface area (Å²) in [5.74, 6) is -0.0552. The summed E-state index contributed by atoms with van der Waals surface area (Å²) in [6.45, 7) is 3.87. The quantitative estimate of drug-likeness (QED) is 0.690. The summed E-state index contributed by atoms with van der Waals surface area (Å²) >= 11 is 0. The van der Waals surface area contributed by atoms with Gasteiger partial charge in [0.1, 0.15) is 0 Å². The Morgan fingerprint density at radius 3 is 2.53 bits per heavy atom. The second-order valence-corrected chi connectivity index (χ2v) is 4.99. The van der Waals surface area contributed by atoms with Gasteiger partial charge in [0.25, 0.3) is 0 Å². The van der Waals surface area contributed by atoms with Gasteiger partial charge in [0.05, 0.1) is 18.7 Å². The van der Waals surface area contributed by atoms with Crippen molar-refractivity contribution in [3.63, 3.8) is 0 Å². The van der Waals surface area contributed by atoms with Gasteiger partial charge in [-0.3, -0.25) is 4.79 Å². The second-order valence-electron chi connectivity index (χ2n) is 4.99. The smallest absolute Gasteiger partial charge is 0.237 e. The minimum Gasteiger partial charge on any atom is -0.394 e. The highest BCUT2D eigenvalue weighted by Crippen LogP contribution is 2.07. The molecule has 3 atom stereocenters. The van der Waals surface area contributed by atoms with Crippen LogP contribution in [0, 0.1) is 5.92 Å². The van der Waals surface area contributed by atoms with Crippen LogP contribution in [0.4, 0.5) is 0 Å². The van der Waals surface area contributed by atoms with E-state index in [4.69, 9.17) is 5.73 Å². The van der Waals surface area contributed by atoms with Gasteiger partial charge in [-0.05, 0) is 17.9 Å². The number of amides is 1. The first-order valence-electron chi connectivity index (χ1n) is 6.79. The maximum atomic E-state index is 12.0. The number of hydrogen-bond acceptors (Lipinski definition) is 3. The molecule has 0 saturated carbocycles. The summed E-state index contributed by atoms with van der Waals surface area (Å²) in [5.41, 5.74) is 6.96. The van der Waals surface area contributed by atoms with Gasteiger partial charge in [-0.2, -0.15) is 0 Å². The summed E-state index contributed by atoms with van der Waals surface area (Å²) in [7, 11) is 0. The Morgan fingerprint density at radius 2 is 2.00 bits per heavy atom. The fourth-order valence-electron chi connectivity index (χ4n) is 1.87. The number of aliphatic hydroxyl groups excluding tert-OH is 1. The summed E-state index contributed by atoms with van der Waals surface area (Å²) in [4.78, 5) is 12.0. The fourth-order valence-corrected chi connectivity index (χ4v) is 1.87. The minimum absolute atomic E-state index is 0.0894. The van der Waals surface area contributed by atoms with Crippen molar-refractivity contribution in [3.05, 3.63) is 35.9 Å². The van der Waals surface area contributed by atoms with Crippen molar-refractivity contribution in [1.82, 2.24) is 5.32 Å². The topological polar surface area (TPSA) is 75.4 Å². The van der Waals surface area contributed by atoms with Gasteiger partial charge in [-0.1, -0.05) is 50.6 Å². The molecule has 0 fully saturated rings. The first-order chi connectivity index (χ1) is 9.08. The number of aliphatic hydroxyl groups is 1. The minimum atomic E-state index is -0.519. The van der Waals surface area contributed by atoms with Gasteiger partial charge in [-0.25, -0.2) is 0 Å². The molecule has 4 N–H and O–H groups in total. The monoisotopic (exact) mass is 264 g/mol. The lowest BCUT2D eigenvalue weighted by molar-refractivity contribution is -0.124. The van der Waals surface area contributed by atoms with Crippen LogP contribution in [0.3, 0.4) is 0 Å². The normalized spacial score (nSPS) is 15.6. The van der Waals surface area contributed by atoms with Gasteiger partial charge in [0.2, 0.25) is 5.91 Å². The van der Waals surface area contributed by atoms with Gasteiger partial charge in [-0.15, -0.1) is 0 Å². The third-order valence-electron chi connectivity index (χ3n) is 3.45. The Hall–Kier alpha value is -1.39. The van der Waals surface area contributed by atoms with Crippen molar-refractivity contribution in [2.75, 3.05) is 6.61 Å². The van der Waals surface area contributed by atoms with E-state index in [1.54, 1.807) is 0 Å². The molecule has 0 radical (unpaired) electrons. The van der Waals surface area contributed by atoms with E-state index in [9.17, 15) is 9.90 Å². The molecule has 4 nitrogen and oxygen atoms in total. The summed E-state index contributed by atoms with van der Waals surface area (Å²) < 4.78 is 0. The summed E-state index contributed by atoms with van der Waals surface area (Å²) in [6.07, 6.45) is 1.47. The maximum absolute atomic E-state index is 12.0. The zero-order chi connectivity index (χ0) is 14.3. The molecule has 1 rings (SSSR count). The third kappa shape index (κ3) is 5.01. The maximum Gasteiger partial charge on any atom is 0.237 e. The van der Waals surface area contributed by atoms with Gasteiger partial charge in [0, 0.05) is 0 Å². The van der Waals surface area contributed by atoms with Crippen molar-refractivity contribution in [3.8, 4) is 0 Å². The molecule has 0 aliphatic carbocycles. The van der Waals surface area contributed by atoms with Gasteiger partial charge in [0.15, 0.2) is 0 Å². The summed E-state index contributed by atoms with van der Waals surface area (Å²) in [6, 6.07) is 8.97. The largest absolute Gasteiger partial charge is 0.394 e. The van der Waals surface area contributed by atoms with E-state index < -0.39 is 6.04 Å². The van der Waals surface area contributed by atoms with Gasteiger partial charge >= 0.3 is 0 Å². The van der Waals surface area contributed by atoms with E-state index in [0.717, 1.165) is 12.0 Å². The van der Waals surface area contributed by atoms with E-state index in [2.05, 4.69) is 5.32 Å². The Bertz CT molecular complexity index is 381. The van der Waals surface area contributed by atoms with E-state index in [0.29, 0.717) is 6.42 Å². The first-order valence-corrected chi connectivity index (χ1v) is 6.79. The number of carbonyl (C=O) groups excluding carboxylic acids is 1. The number of nitrogens with two attached hydrogens (primary N) is 1. The third-order valence-corrected chi connectivity index (χ3v) is 3.45. The molecule has 106 valence electrons. The van der Waals surface area contributed by atoms with Crippen LogP contribution in [0.15, 0.2) is 30.3 Å². The van der Waals surface area contributed by atoms with Crippen LogP contribution >= 0.6 is 0 Å². The number of rotatable bonds is 7. The highest BCUT2D eigenvalue weighted by atomic mass is 16.3. The van der Waals surface area contributed by atoms with E-state index >= 15 is 0 Å². The molecule has 19 heavy (non-hydrogen) atoms. The average molecular weight is 264 g/mol. The molecule has 0 bridgehead atoms. The Balaban J connectivity index is 2.55. The molecule has 1 amide bonds. The molecule has 1 aromatic rings.